The fourth-order valence-electron chi connectivity index (χ4n) is 3.42. The SMILES string of the molecule is CC[C@H](C)c1ccc(-n2c(SC[C@H]3CCOCO3)nc3ccccc3c2=O)cc1. The molecule has 1 saturated heterocycles. The Morgan fingerprint density at radius 2 is 2.00 bits per heavy atom. The van der Waals surface area contributed by atoms with E-state index in [4.69, 9.17) is 14.5 Å². The Balaban J connectivity index is 1.73. The molecule has 2 heterocycles. The second kappa shape index (κ2) is 9.11. The van der Waals surface area contributed by atoms with Gasteiger partial charge in [-0.2, -0.15) is 0 Å². The maximum atomic E-state index is 13.3. The van der Waals surface area contributed by atoms with Crippen LogP contribution in [0.3, 0.4) is 0 Å². The van der Waals surface area contributed by atoms with E-state index >= 15 is 0 Å². The number of fused-ring (bicyclic) bond motifs is 1. The zero-order valence-corrected chi connectivity index (χ0v) is 17.7. The van der Waals surface area contributed by atoms with Crippen molar-refractivity contribution in [2.45, 2.75) is 43.9 Å². The van der Waals surface area contributed by atoms with Gasteiger partial charge in [-0.15, -0.1) is 0 Å². The lowest BCUT2D eigenvalue weighted by atomic mass is 9.98. The highest BCUT2D eigenvalue weighted by Crippen LogP contribution is 2.25. The first-order valence-electron chi connectivity index (χ1n) is 10.1. The van der Waals surface area contributed by atoms with E-state index in [0.29, 0.717) is 29.9 Å². The minimum atomic E-state index is -0.0396. The van der Waals surface area contributed by atoms with Crippen LogP contribution in [0, 0.1) is 0 Å². The monoisotopic (exact) mass is 410 g/mol. The molecule has 2 atom stereocenters. The van der Waals surface area contributed by atoms with Crippen molar-refractivity contribution in [2.24, 2.45) is 0 Å². The van der Waals surface area contributed by atoms with Crippen LogP contribution in [0.1, 0.15) is 38.2 Å². The number of hydrogen-bond acceptors (Lipinski definition) is 5. The van der Waals surface area contributed by atoms with Crippen molar-refractivity contribution in [1.82, 2.24) is 9.55 Å². The molecule has 1 aliphatic heterocycles. The molecule has 0 amide bonds. The molecule has 152 valence electrons. The van der Waals surface area contributed by atoms with Crippen LogP contribution in [-0.4, -0.2) is 34.8 Å². The molecule has 4 rings (SSSR count). The number of rotatable bonds is 6. The Bertz CT molecular complexity index is 1030. The summed E-state index contributed by atoms with van der Waals surface area (Å²) in [4.78, 5) is 18.1. The van der Waals surface area contributed by atoms with Gasteiger partial charge in [-0.1, -0.05) is 49.9 Å². The van der Waals surface area contributed by atoms with Gasteiger partial charge in [-0.3, -0.25) is 9.36 Å². The molecule has 0 bridgehead atoms. The fraction of sp³-hybridized carbons (Fsp3) is 0.391. The summed E-state index contributed by atoms with van der Waals surface area (Å²) in [5, 5.41) is 1.32. The topological polar surface area (TPSA) is 53.4 Å². The van der Waals surface area contributed by atoms with E-state index in [0.717, 1.165) is 29.8 Å². The zero-order valence-electron chi connectivity index (χ0n) is 16.8. The molecule has 1 aromatic heterocycles. The molecule has 0 aliphatic carbocycles. The van der Waals surface area contributed by atoms with E-state index in [1.807, 2.05) is 36.4 Å². The van der Waals surface area contributed by atoms with Crippen LogP contribution in [0.2, 0.25) is 0 Å². The van der Waals surface area contributed by atoms with Crippen LogP contribution in [-0.2, 0) is 9.47 Å². The first-order chi connectivity index (χ1) is 14.2. The summed E-state index contributed by atoms with van der Waals surface area (Å²) in [7, 11) is 0. The van der Waals surface area contributed by atoms with Crippen molar-refractivity contribution in [3.05, 3.63) is 64.4 Å². The van der Waals surface area contributed by atoms with E-state index in [1.54, 1.807) is 16.3 Å². The molecule has 29 heavy (non-hydrogen) atoms. The van der Waals surface area contributed by atoms with E-state index in [1.165, 1.54) is 5.56 Å². The van der Waals surface area contributed by atoms with Crippen molar-refractivity contribution in [3.63, 3.8) is 0 Å². The van der Waals surface area contributed by atoms with Crippen LogP contribution < -0.4 is 5.56 Å². The third kappa shape index (κ3) is 4.39. The Hall–Kier alpha value is -2.15. The van der Waals surface area contributed by atoms with Gasteiger partial charge in [0.1, 0.15) is 6.79 Å². The smallest absolute Gasteiger partial charge is 0.266 e. The second-order valence-electron chi connectivity index (χ2n) is 7.37. The van der Waals surface area contributed by atoms with E-state index in [9.17, 15) is 4.79 Å². The number of aromatic nitrogens is 2. The molecule has 0 unspecified atom stereocenters. The number of benzene rings is 2. The molecular formula is C23H26N2O3S. The summed E-state index contributed by atoms with van der Waals surface area (Å²) < 4.78 is 12.6. The summed E-state index contributed by atoms with van der Waals surface area (Å²) in [6, 6.07) is 15.8. The van der Waals surface area contributed by atoms with Crippen LogP contribution in [0.4, 0.5) is 0 Å². The van der Waals surface area contributed by atoms with Gasteiger partial charge < -0.3 is 9.47 Å². The lowest BCUT2D eigenvalue weighted by molar-refractivity contribution is -0.130. The summed E-state index contributed by atoms with van der Waals surface area (Å²) >= 11 is 1.56. The molecule has 0 saturated carbocycles. The number of thioether (sulfide) groups is 1. The zero-order chi connectivity index (χ0) is 20.2. The van der Waals surface area contributed by atoms with Crippen molar-refractivity contribution >= 4 is 22.7 Å². The quantitative estimate of drug-likeness (QED) is 0.433. The maximum absolute atomic E-state index is 13.3. The van der Waals surface area contributed by atoms with E-state index < -0.39 is 0 Å². The van der Waals surface area contributed by atoms with E-state index in [-0.39, 0.29) is 11.7 Å². The van der Waals surface area contributed by atoms with Gasteiger partial charge in [0.2, 0.25) is 0 Å². The number of hydrogen-bond donors (Lipinski definition) is 0. The maximum Gasteiger partial charge on any atom is 0.266 e. The van der Waals surface area contributed by atoms with Gasteiger partial charge in [-0.05, 0) is 48.6 Å². The van der Waals surface area contributed by atoms with E-state index in [2.05, 4.69) is 26.0 Å². The van der Waals surface area contributed by atoms with Gasteiger partial charge in [-0.25, -0.2) is 4.98 Å². The second-order valence-corrected chi connectivity index (χ2v) is 8.35. The molecule has 5 nitrogen and oxygen atoms in total. The number of para-hydroxylation sites is 1. The van der Waals surface area contributed by atoms with Crippen LogP contribution in [0.25, 0.3) is 16.6 Å². The molecule has 1 fully saturated rings. The van der Waals surface area contributed by atoms with Crippen molar-refractivity contribution in [1.29, 1.82) is 0 Å². The van der Waals surface area contributed by atoms with Gasteiger partial charge in [0.15, 0.2) is 5.16 Å². The van der Waals surface area contributed by atoms with Crippen molar-refractivity contribution < 1.29 is 9.47 Å². The Morgan fingerprint density at radius 3 is 2.72 bits per heavy atom. The molecule has 2 aromatic carbocycles. The summed E-state index contributed by atoms with van der Waals surface area (Å²) in [6.07, 6.45) is 2.05. The molecule has 0 N–H and O–H groups in total. The summed E-state index contributed by atoms with van der Waals surface area (Å²) in [5.41, 5.74) is 2.81. The van der Waals surface area contributed by atoms with Crippen molar-refractivity contribution in [2.75, 3.05) is 19.2 Å². The Kier molecular flexibility index (Phi) is 6.33. The molecule has 0 radical (unpaired) electrons. The lowest BCUT2D eigenvalue weighted by Crippen LogP contribution is -2.27. The predicted octanol–water partition coefficient (Wildman–Crippen LogP) is 4.75. The normalized spacial score (nSPS) is 18.1. The van der Waals surface area contributed by atoms with Gasteiger partial charge in [0.05, 0.1) is 29.3 Å². The first kappa shape index (κ1) is 20.1. The summed E-state index contributed by atoms with van der Waals surface area (Å²) in [5.74, 6) is 1.23. The fourth-order valence-corrected chi connectivity index (χ4v) is 4.50. The Morgan fingerprint density at radius 1 is 1.21 bits per heavy atom. The van der Waals surface area contributed by atoms with Crippen LogP contribution in [0.15, 0.2) is 58.5 Å². The minimum Gasteiger partial charge on any atom is -0.355 e. The third-order valence-corrected chi connectivity index (χ3v) is 6.52. The molecular weight excluding hydrogens is 384 g/mol. The number of nitrogens with zero attached hydrogens (tertiary/aromatic N) is 2. The highest BCUT2D eigenvalue weighted by Gasteiger charge is 2.18. The summed E-state index contributed by atoms with van der Waals surface area (Å²) in [6.45, 7) is 5.44. The average molecular weight is 411 g/mol. The van der Waals surface area contributed by atoms with Gasteiger partial charge in [0, 0.05) is 5.75 Å². The molecule has 0 spiro atoms. The average Bonchev–Trinajstić information content (AvgIpc) is 2.78. The molecule has 6 heteroatoms. The first-order valence-corrected chi connectivity index (χ1v) is 11.1. The largest absolute Gasteiger partial charge is 0.355 e. The molecule has 3 aromatic rings. The highest BCUT2D eigenvalue weighted by atomic mass is 32.2. The van der Waals surface area contributed by atoms with Gasteiger partial charge >= 0.3 is 0 Å². The minimum absolute atomic E-state index is 0.0396. The molecule has 1 aliphatic rings. The van der Waals surface area contributed by atoms with Crippen molar-refractivity contribution in [3.8, 4) is 5.69 Å². The Labute approximate surface area is 175 Å². The lowest BCUT2D eigenvalue weighted by Gasteiger charge is -2.22. The van der Waals surface area contributed by atoms with Crippen LogP contribution in [0.5, 0.6) is 0 Å². The highest BCUT2D eigenvalue weighted by molar-refractivity contribution is 7.99. The van der Waals surface area contributed by atoms with Gasteiger partial charge in [0.25, 0.3) is 5.56 Å². The third-order valence-electron chi connectivity index (χ3n) is 5.45. The predicted molar refractivity (Wildman–Crippen MR) is 117 cm³/mol. The van der Waals surface area contributed by atoms with Crippen LogP contribution >= 0.6 is 11.8 Å². The standard InChI is InChI=1S/C23H26N2O3S/c1-3-16(2)17-8-10-18(11-9-17)25-22(26)20-6-4-5-7-21(20)24-23(25)29-14-19-12-13-27-15-28-19/h4-11,16,19H,3,12-15H2,1-2H3/t16-,19+/m0/s1. The number of ether oxygens (including phenoxy) is 2.